The minimum Gasteiger partial charge on any atom is -0.481 e. The van der Waals surface area contributed by atoms with Crippen molar-refractivity contribution in [2.24, 2.45) is 5.41 Å². The molecule has 1 aromatic rings. The van der Waals surface area contributed by atoms with Crippen molar-refractivity contribution in [3.8, 4) is 5.88 Å². The van der Waals surface area contributed by atoms with Gasteiger partial charge in [-0.25, -0.2) is 4.98 Å². The number of methoxy groups -OCH3 is 1. The van der Waals surface area contributed by atoms with Gasteiger partial charge in [0.15, 0.2) is 5.78 Å². The fourth-order valence-electron chi connectivity index (χ4n) is 1.83. The molecule has 1 aromatic heterocycles. The third kappa shape index (κ3) is 2.48. The molecule has 1 aliphatic carbocycles. The number of aromatic nitrogens is 1. The average Bonchev–Trinajstić information content (AvgIpc) is 3.10. The van der Waals surface area contributed by atoms with Crippen LogP contribution in [0.15, 0.2) is 12.1 Å². The van der Waals surface area contributed by atoms with Gasteiger partial charge >= 0.3 is 0 Å². The predicted molar refractivity (Wildman–Crippen MR) is 66.5 cm³/mol. The molecule has 0 saturated heterocycles. The van der Waals surface area contributed by atoms with E-state index in [1.54, 1.807) is 13.2 Å². The van der Waals surface area contributed by atoms with Crippen LogP contribution in [0.2, 0.25) is 0 Å². The maximum Gasteiger partial charge on any atom is 0.213 e. The summed E-state index contributed by atoms with van der Waals surface area (Å²) in [5.74, 6) is 1.21. The summed E-state index contributed by atoms with van der Waals surface area (Å²) in [5, 5.41) is 0. The summed E-state index contributed by atoms with van der Waals surface area (Å²) in [6.07, 6.45) is 2.26. The van der Waals surface area contributed by atoms with Crippen LogP contribution in [-0.2, 0) is 0 Å². The zero-order valence-electron chi connectivity index (χ0n) is 10.9. The van der Waals surface area contributed by atoms with Crippen LogP contribution in [0.1, 0.15) is 55.6 Å². The van der Waals surface area contributed by atoms with Gasteiger partial charge in [-0.1, -0.05) is 20.8 Å². The summed E-state index contributed by atoms with van der Waals surface area (Å²) in [4.78, 5) is 16.8. The molecule has 17 heavy (non-hydrogen) atoms. The summed E-state index contributed by atoms with van der Waals surface area (Å²) >= 11 is 0. The number of ketones is 1. The van der Waals surface area contributed by atoms with Crippen LogP contribution in [0, 0.1) is 5.41 Å². The molecule has 2 rings (SSSR count). The average molecular weight is 233 g/mol. The molecule has 0 N–H and O–H groups in total. The van der Waals surface area contributed by atoms with Crippen molar-refractivity contribution >= 4 is 5.78 Å². The summed E-state index contributed by atoms with van der Waals surface area (Å²) in [7, 11) is 1.60. The highest BCUT2D eigenvalue weighted by molar-refractivity contribution is 6.01. The Bertz CT molecular complexity index is 442. The van der Waals surface area contributed by atoms with Gasteiger partial charge in [0.25, 0.3) is 0 Å². The molecule has 0 bridgehead atoms. The second-order valence-electron chi connectivity index (χ2n) is 5.64. The molecule has 1 heterocycles. The van der Waals surface area contributed by atoms with E-state index in [1.807, 2.05) is 26.8 Å². The van der Waals surface area contributed by atoms with Crippen molar-refractivity contribution < 1.29 is 9.53 Å². The van der Waals surface area contributed by atoms with E-state index in [2.05, 4.69) is 4.98 Å². The van der Waals surface area contributed by atoms with E-state index in [9.17, 15) is 4.79 Å². The number of carbonyl (C=O) groups is 1. The molecule has 0 radical (unpaired) electrons. The number of hydrogen-bond acceptors (Lipinski definition) is 3. The number of ether oxygens (including phenoxy) is 1. The fourth-order valence-corrected chi connectivity index (χ4v) is 1.83. The van der Waals surface area contributed by atoms with E-state index in [0.29, 0.717) is 11.8 Å². The molecule has 92 valence electrons. The van der Waals surface area contributed by atoms with E-state index in [4.69, 9.17) is 4.74 Å². The number of pyridine rings is 1. The third-order valence-electron chi connectivity index (χ3n) is 3.00. The first-order valence-corrected chi connectivity index (χ1v) is 6.03. The lowest BCUT2D eigenvalue weighted by Crippen LogP contribution is -2.22. The van der Waals surface area contributed by atoms with Crippen LogP contribution in [0.3, 0.4) is 0 Å². The van der Waals surface area contributed by atoms with Crippen molar-refractivity contribution in [3.05, 3.63) is 23.4 Å². The van der Waals surface area contributed by atoms with E-state index in [0.717, 1.165) is 24.1 Å². The second-order valence-corrected chi connectivity index (χ2v) is 5.64. The summed E-state index contributed by atoms with van der Waals surface area (Å²) < 4.78 is 5.13. The molecule has 3 heteroatoms. The molecule has 1 aliphatic rings. The highest BCUT2D eigenvalue weighted by Gasteiger charge is 2.33. The number of carbonyl (C=O) groups excluding carboxylic acids is 1. The van der Waals surface area contributed by atoms with E-state index < -0.39 is 0 Å². The highest BCUT2D eigenvalue weighted by atomic mass is 16.5. The van der Waals surface area contributed by atoms with Gasteiger partial charge in [-0.2, -0.15) is 0 Å². The third-order valence-corrected chi connectivity index (χ3v) is 3.00. The molecule has 1 fully saturated rings. The molecular weight excluding hydrogens is 214 g/mol. The Kier molecular flexibility index (Phi) is 2.94. The number of Topliss-reactive ketones (excluding diaryl/α,β-unsaturated/α-hetero) is 1. The van der Waals surface area contributed by atoms with Crippen molar-refractivity contribution in [3.63, 3.8) is 0 Å². The van der Waals surface area contributed by atoms with Crippen molar-refractivity contribution in [1.29, 1.82) is 0 Å². The molecule has 0 unspecified atom stereocenters. The van der Waals surface area contributed by atoms with Crippen molar-refractivity contribution in [2.75, 3.05) is 7.11 Å². The normalized spacial score (nSPS) is 15.8. The summed E-state index contributed by atoms with van der Waals surface area (Å²) in [5.41, 5.74) is 1.32. The predicted octanol–water partition coefficient (Wildman–Crippen LogP) is 3.20. The summed E-state index contributed by atoms with van der Waals surface area (Å²) in [6, 6.07) is 3.62. The first-order chi connectivity index (χ1) is 7.93. The first kappa shape index (κ1) is 12.1. The van der Waals surface area contributed by atoms with Gasteiger partial charge in [0.05, 0.1) is 12.8 Å². The lowest BCUT2D eigenvalue weighted by molar-refractivity contribution is 0.0856. The molecule has 0 spiro atoms. The highest BCUT2D eigenvalue weighted by Crippen LogP contribution is 2.42. The van der Waals surface area contributed by atoms with E-state index >= 15 is 0 Å². The lowest BCUT2D eigenvalue weighted by Gasteiger charge is -2.18. The number of hydrogen-bond donors (Lipinski definition) is 0. The Morgan fingerprint density at radius 1 is 1.35 bits per heavy atom. The second kappa shape index (κ2) is 4.13. The Morgan fingerprint density at radius 2 is 2.00 bits per heavy atom. The summed E-state index contributed by atoms with van der Waals surface area (Å²) in [6.45, 7) is 5.82. The van der Waals surface area contributed by atoms with Gasteiger partial charge in [0.1, 0.15) is 0 Å². The zero-order chi connectivity index (χ0) is 12.6. The number of rotatable bonds is 3. The molecule has 0 amide bonds. The Hall–Kier alpha value is -1.38. The molecule has 1 saturated carbocycles. The van der Waals surface area contributed by atoms with Crippen LogP contribution < -0.4 is 4.74 Å². The van der Waals surface area contributed by atoms with Gasteiger partial charge < -0.3 is 4.74 Å². The maximum absolute atomic E-state index is 12.3. The maximum atomic E-state index is 12.3. The van der Waals surface area contributed by atoms with Crippen molar-refractivity contribution in [2.45, 2.75) is 39.5 Å². The standard InChI is InChI=1S/C14H19NO2/c1-14(2,3)13(16)10-7-8-11(17-4)15-12(10)9-5-6-9/h7-9H,5-6H2,1-4H3. The molecule has 3 nitrogen and oxygen atoms in total. The quantitative estimate of drug-likeness (QED) is 0.753. The fraction of sp³-hybridized carbons (Fsp3) is 0.571. The minimum absolute atomic E-state index is 0.162. The Morgan fingerprint density at radius 3 is 2.47 bits per heavy atom. The largest absolute Gasteiger partial charge is 0.481 e. The van der Waals surface area contributed by atoms with Crippen LogP contribution >= 0.6 is 0 Å². The van der Waals surface area contributed by atoms with Gasteiger partial charge in [0, 0.05) is 23.0 Å². The van der Waals surface area contributed by atoms with Crippen LogP contribution in [0.4, 0.5) is 0 Å². The molecule has 0 aliphatic heterocycles. The zero-order valence-corrected chi connectivity index (χ0v) is 10.9. The van der Waals surface area contributed by atoms with Crippen LogP contribution in [-0.4, -0.2) is 17.9 Å². The van der Waals surface area contributed by atoms with Crippen molar-refractivity contribution in [1.82, 2.24) is 4.98 Å². The van der Waals surface area contributed by atoms with E-state index in [1.165, 1.54) is 0 Å². The molecule has 0 aromatic carbocycles. The first-order valence-electron chi connectivity index (χ1n) is 6.03. The van der Waals surface area contributed by atoms with Gasteiger partial charge in [0.2, 0.25) is 5.88 Å². The lowest BCUT2D eigenvalue weighted by atomic mass is 9.85. The van der Waals surface area contributed by atoms with Crippen LogP contribution in [0.5, 0.6) is 5.88 Å². The topological polar surface area (TPSA) is 39.2 Å². The van der Waals surface area contributed by atoms with E-state index in [-0.39, 0.29) is 11.2 Å². The Labute approximate surface area is 102 Å². The number of nitrogens with zero attached hydrogens (tertiary/aromatic N) is 1. The molecular formula is C14H19NO2. The Balaban J connectivity index is 2.43. The minimum atomic E-state index is -0.361. The monoisotopic (exact) mass is 233 g/mol. The van der Waals surface area contributed by atoms with Crippen LogP contribution in [0.25, 0.3) is 0 Å². The molecule has 0 atom stereocenters. The van der Waals surface area contributed by atoms with Gasteiger partial charge in [-0.15, -0.1) is 0 Å². The SMILES string of the molecule is COc1ccc(C(=O)C(C)(C)C)c(C2CC2)n1. The van der Waals surface area contributed by atoms with Gasteiger partial charge in [-0.05, 0) is 18.9 Å². The van der Waals surface area contributed by atoms with Gasteiger partial charge in [-0.3, -0.25) is 4.79 Å². The smallest absolute Gasteiger partial charge is 0.213 e.